The molecule has 1 fully saturated rings. The molecule has 9 nitrogen and oxygen atoms in total. The van der Waals surface area contributed by atoms with Gasteiger partial charge in [0.25, 0.3) is 5.91 Å². The number of ether oxygens (including phenoxy) is 1. The lowest BCUT2D eigenvalue weighted by atomic mass is 10.1. The number of carbonyl (C=O) groups is 1. The van der Waals surface area contributed by atoms with Crippen molar-refractivity contribution in [3.63, 3.8) is 0 Å². The average Bonchev–Trinajstić information content (AvgIpc) is 3.26. The van der Waals surface area contributed by atoms with Gasteiger partial charge in [-0.1, -0.05) is 0 Å². The number of aromatic nitrogens is 1. The highest BCUT2D eigenvalue weighted by Crippen LogP contribution is 2.33. The SMILES string of the molecule is Cc1sc(N(CCC2CC(O)CO2)c2ccc(C#N)cc2)nc1C(=O)NS(C)(=O)=O. The van der Waals surface area contributed by atoms with Crippen molar-refractivity contribution in [3.05, 3.63) is 40.4 Å². The van der Waals surface area contributed by atoms with Crippen LogP contribution in [0.4, 0.5) is 10.8 Å². The fourth-order valence-corrected chi connectivity index (χ4v) is 4.52. The number of sulfonamides is 1. The number of aliphatic hydroxyl groups excluding tert-OH is 1. The van der Waals surface area contributed by atoms with Crippen LogP contribution >= 0.6 is 11.3 Å². The third-order valence-corrected chi connectivity index (χ3v) is 6.10. The van der Waals surface area contributed by atoms with Crippen LogP contribution in [0.3, 0.4) is 0 Å². The van der Waals surface area contributed by atoms with Crippen LogP contribution in [-0.4, -0.2) is 56.0 Å². The summed E-state index contributed by atoms with van der Waals surface area (Å²) in [7, 11) is -3.70. The van der Waals surface area contributed by atoms with Crippen LogP contribution < -0.4 is 9.62 Å². The minimum Gasteiger partial charge on any atom is -0.391 e. The zero-order valence-corrected chi connectivity index (χ0v) is 18.2. The highest BCUT2D eigenvalue weighted by atomic mass is 32.2. The monoisotopic (exact) mass is 450 g/mol. The second kappa shape index (κ2) is 9.09. The van der Waals surface area contributed by atoms with Gasteiger partial charge in [-0.3, -0.25) is 4.79 Å². The van der Waals surface area contributed by atoms with Crippen LogP contribution in [0.5, 0.6) is 0 Å². The molecule has 160 valence electrons. The molecule has 2 heterocycles. The summed E-state index contributed by atoms with van der Waals surface area (Å²) in [6.07, 6.45) is 1.54. The van der Waals surface area contributed by atoms with Gasteiger partial charge in [0.05, 0.1) is 36.7 Å². The number of thiazole rings is 1. The Morgan fingerprint density at radius 2 is 2.13 bits per heavy atom. The molecule has 0 saturated carbocycles. The quantitative estimate of drug-likeness (QED) is 0.651. The summed E-state index contributed by atoms with van der Waals surface area (Å²) < 4.78 is 30.3. The van der Waals surface area contributed by atoms with E-state index in [1.54, 1.807) is 31.2 Å². The first-order valence-electron chi connectivity index (χ1n) is 9.23. The van der Waals surface area contributed by atoms with Gasteiger partial charge in [-0.15, -0.1) is 11.3 Å². The van der Waals surface area contributed by atoms with Gasteiger partial charge >= 0.3 is 0 Å². The van der Waals surface area contributed by atoms with E-state index in [0.29, 0.717) is 41.6 Å². The maximum absolute atomic E-state index is 12.3. The van der Waals surface area contributed by atoms with Crippen molar-refractivity contribution in [2.45, 2.75) is 32.0 Å². The van der Waals surface area contributed by atoms with Gasteiger partial charge in [0, 0.05) is 23.5 Å². The molecule has 30 heavy (non-hydrogen) atoms. The summed E-state index contributed by atoms with van der Waals surface area (Å²) in [5, 5.41) is 19.2. The number of nitriles is 1. The minimum absolute atomic E-state index is 0.0478. The van der Waals surface area contributed by atoms with Crippen molar-refractivity contribution in [2.24, 2.45) is 0 Å². The molecule has 11 heteroatoms. The van der Waals surface area contributed by atoms with Gasteiger partial charge in [0.15, 0.2) is 5.13 Å². The minimum atomic E-state index is -3.70. The Bertz CT molecular complexity index is 1060. The first kappa shape index (κ1) is 22.2. The number of amides is 1. The van der Waals surface area contributed by atoms with Gasteiger partial charge in [0.1, 0.15) is 5.69 Å². The lowest BCUT2D eigenvalue weighted by Gasteiger charge is -2.23. The van der Waals surface area contributed by atoms with Crippen molar-refractivity contribution in [2.75, 3.05) is 24.3 Å². The van der Waals surface area contributed by atoms with E-state index < -0.39 is 22.0 Å². The van der Waals surface area contributed by atoms with Crippen molar-refractivity contribution in [3.8, 4) is 6.07 Å². The molecule has 2 N–H and O–H groups in total. The molecule has 0 aliphatic carbocycles. The van der Waals surface area contributed by atoms with Crippen LogP contribution in [0.25, 0.3) is 0 Å². The van der Waals surface area contributed by atoms with E-state index in [4.69, 9.17) is 10.00 Å². The zero-order valence-electron chi connectivity index (χ0n) is 16.5. The zero-order chi connectivity index (χ0) is 21.9. The van der Waals surface area contributed by atoms with Crippen molar-refractivity contribution in [1.82, 2.24) is 9.71 Å². The van der Waals surface area contributed by atoms with Crippen LogP contribution in [-0.2, 0) is 14.8 Å². The first-order valence-corrected chi connectivity index (χ1v) is 11.9. The summed E-state index contributed by atoms with van der Waals surface area (Å²) in [5.74, 6) is -0.778. The molecule has 2 unspecified atom stereocenters. The first-order chi connectivity index (χ1) is 14.2. The Labute approximate surface area is 179 Å². The molecule has 2 aromatic rings. The molecule has 1 amide bonds. The molecule has 1 aromatic carbocycles. The number of aryl methyl sites for hydroxylation is 1. The number of nitrogens with one attached hydrogen (secondary N) is 1. The highest BCUT2D eigenvalue weighted by molar-refractivity contribution is 7.89. The standard InChI is InChI=1S/C19H22N4O5S2/c1-12-17(18(25)22-30(2,26)27)21-19(29-12)23(8-7-16-9-15(24)11-28-16)14-5-3-13(10-20)4-6-14/h3-6,15-16,24H,7-9,11H2,1-2H3,(H,22,25). The van der Waals surface area contributed by atoms with Gasteiger partial charge in [0.2, 0.25) is 10.0 Å². The number of hydrogen-bond donors (Lipinski definition) is 2. The van der Waals surface area contributed by atoms with Gasteiger partial charge in [-0.05, 0) is 37.6 Å². The number of aliphatic hydroxyl groups is 1. The maximum atomic E-state index is 12.3. The van der Waals surface area contributed by atoms with Crippen LogP contribution in [0.2, 0.25) is 0 Å². The molecule has 1 aliphatic heterocycles. The average molecular weight is 451 g/mol. The Morgan fingerprint density at radius 1 is 1.43 bits per heavy atom. The van der Waals surface area contributed by atoms with E-state index in [0.717, 1.165) is 11.9 Å². The molecule has 1 aliphatic rings. The van der Waals surface area contributed by atoms with Gasteiger partial charge < -0.3 is 14.7 Å². The molecular formula is C19H22N4O5S2. The largest absolute Gasteiger partial charge is 0.391 e. The van der Waals surface area contributed by atoms with E-state index in [2.05, 4.69) is 11.1 Å². The van der Waals surface area contributed by atoms with Crippen LogP contribution in [0.1, 0.15) is 33.8 Å². The fourth-order valence-electron chi connectivity index (χ4n) is 3.14. The molecule has 2 atom stereocenters. The third-order valence-electron chi connectivity index (χ3n) is 4.55. The van der Waals surface area contributed by atoms with Gasteiger partial charge in [-0.25, -0.2) is 18.1 Å². The predicted octanol–water partition coefficient (Wildman–Crippen LogP) is 1.69. The van der Waals surface area contributed by atoms with Gasteiger partial charge in [-0.2, -0.15) is 5.26 Å². The fraction of sp³-hybridized carbons (Fsp3) is 0.421. The summed E-state index contributed by atoms with van der Waals surface area (Å²) in [5.41, 5.74) is 1.34. The smallest absolute Gasteiger partial charge is 0.284 e. The molecule has 1 saturated heterocycles. The predicted molar refractivity (Wildman–Crippen MR) is 112 cm³/mol. The summed E-state index contributed by atoms with van der Waals surface area (Å²) in [6.45, 7) is 2.52. The van der Waals surface area contributed by atoms with Crippen molar-refractivity contribution >= 4 is 38.1 Å². The third kappa shape index (κ3) is 5.54. The molecule has 0 spiro atoms. The number of rotatable bonds is 7. The normalized spacial score (nSPS) is 18.7. The lowest BCUT2D eigenvalue weighted by Crippen LogP contribution is -2.30. The van der Waals surface area contributed by atoms with E-state index in [-0.39, 0.29) is 11.8 Å². The van der Waals surface area contributed by atoms with E-state index in [1.165, 1.54) is 11.3 Å². The summed E-state index contributed by atoms with van der Waals surface area (Å²) >= 11 is 1.27. The molecule has 1 aromatic heterocycles. The second-order valence-corrected chi connectivity index (χ2v) is 9.98. The van der Waals surface area contributed by atoms with E-state index >= 15 is 0 Å². The molecular weight excluding hydrogens is 428 g/mol. The molecule has 0 radical (unpaired) electrons. The topological polar surface area (TPSA) is 133 Å². The Morgan fingerprint density at radius 3 is 2.70 bits per heavy atom. The number of carbonyl (C=O) groups excluding carboxylic acids is 1. The highest BCUT2D eigenvalue weighted by Gasteiger charge is 2.26. The maximum Gasteiger partial charge on any atom is 0.284 e. The lowest BCUT2D eigenvalue weighted by molar-refractivity contribution is 0.0856. The van der Waals surface area contributed by atoms with Crippen molar-refractivity contribution in [1.29, 1.82) is 5.26 Å². The van der Waals surface area contributed by atoms with Crippen LogP contribution in [0, 0.1) is 18.3 Å². The van der Waals surface area contributed by atoms with Crippen molar-refractivity contribution < 1.29 is 23.1 Å². The number of hydrogen-bond acceptors (Lipinski definition) is 9. The molecule has 3 rings (SSSR count). The Balaban J connectivity index is 1.88. The Kier molecular flexibility index (Phi) is 6.72. The number of anilines is 2. The number of benzene rings is 1. The Hall–Kier alpha value is -2.52. The molecule has 0 bridgehead atoms. The van der Waals surface area contributed by atoms with E-state index in [1.807, 2.05) is 9.62 Å². The number of nitrogens with zero attached hydrogens (tertiary/aromatic N) is 3. The second-order valence-electron chi connectivity index (χ2n) is 7.05. The summed E-state index contributed by atoms with van der Waals surface area (Å²) in [6, 6.07) is 9.03. The van der Waals surface area contributed by atoms with E-state index in [9.17, 15) is 18.3 Å². The van der Waals surface area contributed by atoms with Crippen LogP contribution in [0.15, 0.2) is 24.3 Å². The summed E-state index contributed by atoms with van der Waals surface area (Å²) in [4.78, 5) is 19.2.